The smallest absolute Gasteiger partial charge is 0.246 e. The van der Waals surface area contributed by atoms with E-state index < -0.39 is 0 Å². The molecule has 0 fully saturated rings. The molecule has 0 N–H and O–H groups in total. The molecule has 0 spiro atoms. The van der Waals surface area contributed by atoms with Crippen molar-refractivity contribution in [3.8, 4) is 11.4 Å². The number of likely N-dealkylation sites (N-methyl/N-ethyl adjacent to an activating group) is 1. The van der Waals surface area contributed by atoms with Gasteiger partial charge in [-0.2, -0.15) is 4.80 Å². The summed E-state index contributed by atoms with van der Waals surface area (Å²) in [4.78, 5) is 16.8. The Morgan fingerprint density at radius 2 is 1.96 bits per heavy atom. The Bertz CT molecular complexity index is 862. The van der Waals surface area contributed by atoms with Gasteiger partial charge < -0.3 is 4.90 Å². The molecule has 3 rings (SSSR count). The van der Waals surface area contributed by atoms with E-state index in [-0.39, 0.29) is 12.5 Å². The van der Waals surface area contributed by atoms with Crippen molar-refractivity contribution in [2.24, 2.45) is 0 Å². The van der Waals surface area contributed by atoms with Gasteiger partial charge in [0.25, 0.3) is 0 Å². The Morgan fingerprint density at radius 3 is 2.60 bits per heavy atom. The van der Waals surface area contributed by atoms with Crippen LogP contribution in [0.15, 0.2) is 44.7 Å². The zero-order chi connectivity index (χ0) is 17.8. The number of carbonyl (C=O) groups excluding carboxylic acids is 1. The minimum absolute atomic E-state index is 0.0354. The van der Waals surface area contributed by atoms with Crippen LogP contribution in [0.5, 0.6) is 0 Å². The number of hydrogen-bond acceptors (Lipinski definition) is 5. The summed E-state index contributed by atoms with van der Waals surface area (Å²) in [6.07, 6.45) is 0. The van der Waals surface area contributed by atoms with Crippen molar-refractivity contribution in [1.29, 1.82) is 0 Å². The molecule has 0 radical (unpaired) electrons. The van der Waals surface area contributed by atoms with Crippen molar-refractivity contribution >= 4 is 49.1 Å². The molecule has 0 atom stereocenters. The predicted molar refractivity (Wildman–Crippen MR) is 104 cm³/mol. The molecular weight excluding hydrogens is 470 g/mol. The van der Waals surface area contributed by atoms with Gasteiger partial charge in [-0.05, 0) is 64.5 Å². The lowest BCUT2D eigenvalue weighted by molar-refractivity contribution is -0.132. The van der Waals surface area contributed by atoms with Crippen molar-refractivity contribution in [2.45, 2.75) is 20.0 Å². The number of thiophene rings is 1. The SMILES string of the molecule is CCN(Cc1ccc(Br)s1)C(=O)Cn1nnc(-c2ccc(Br)cc2)n1. The number of halogens is 2. The van der Waals surface area contributed by atoms with Crippen LogP contribution in [0.2, 0.25) is 0 Å². The first-order valence-corrected chi connectivity index (χ1v) is 10.0. The molecule has 9 heteroatoms. The maximum absolute atomic E-state index is 12.5. The standard InChI is InChI=1S/C16H15Br2N5OS/c1-2-22(9-13-7-8-14(18)25-13)15(24)10-23-20-16(19-21-23)11-3-5-12(17)6-4-11/h3-8H,2,9-10H2,1H3. The molecule has 2 aromatic heterocycles. The van der Waals surface area contributed by atoms with E-state index in [0.717, 1.165) is 18.7 Å². The molecule has 0 bridgehead atoms. The van der Waals surface area contributed by atoms with E-state index in [1.807, 2.05) is 43.3 Å². The van der Waals surface area contributed by atoms with E-state index in [0.29, 0.717) is 18.9 Å². The van der Waals surface area contributed by atoms with Gasteiger partial charge in [-0.25, -0.2) is 0 Å². The normalized spacial score (nSPS) is 10.8. The van der Waals surface area contributed by atoms with Gasteiger partial charge in [0, 0.05) is 21.5 Å². The largest absolute Gasteiger partial charge is 0.336 e. The lowest BCUT2D eigenvalue weighted by Gasteiger charge is -2.19. The van der Waals surface area contributed by atoms with Gasteiger partial charge in [0.05, 0.1) is 10.3 Å². The fourth-order valence-electron chi connectivity index (χ4n) is 2.25. The molecule has 3 aromatic rings. The lowest BCUT2D eigenvalue weighted by Crippen LogP contribution is -2.33. The van der Waals surface area contributed by atoms with E-state index in [4.69, 9.17) is 0 Å². The van der Waals surface area contributed by atoms with Crippen molar-refractivity contribution in [2.75, 3.05) is 6.54 Å². The van der Waals surface area contributed by atoms with Gasteiger partial charge in [0.1, 0.15) is 6.54 Å². The van der Waals surface area contributed by atoms with Crippen LogP contribution in [0.4, 0.5) is 0 Å². The van der Waals surface area contributed by atoms with Crippen molar-refractivity contribution in [1.82, 2.24) is 25.1 Å². The number of tetrazole rings is 1. The lowest BCUT2D eigenvalue weighted by atomic mass is 10.2. The Kier molecular flexibility index (Phi) is 5.98. The highest BCUT2D eigenvalue weighted by Gasteiger charge is 2.16. The van der Waals surface area contributed by atoms with E-state index in [9.17, 15) is 4.79 Å². The highest BCUT2D eigenvalue weighted by atomic mass is 79.9. The number of amides is 1. The van der Waals surface area contributed by atoms with Gasteiger partial charge in [-0.1, -0.05) is 15.9 Å². The number of carbonyl (C=O) groups is 1. The molecule has 0 saturated heterocycles. The molecule has 0 unspecified atom stereocenters. The Labute approximate surface area is 166 Å². The summed E-state index contributed by atoms with van der Waals surface area (Å²) in [6.45, 7) is 3.25. The van der Waals surface area contributed by atoms with Crippen LogP contribution in [-0.2, 0) is 17.9 Å². The van der Waals surface area contributed by atoms with Crippen LogP contribution in [0.1, 0.15) is 11.8 Å². The third kappa shape index (κ3) is 4.74. The summed E-state index contributed by atoms with van der Waals surface area (Å²) in [5.74, 6) is 0.470. The van der Waals surface area contributed by atoms with Gasteiger partial charge in [-0.3, -0.25) is 4.79 Å². The first-order valence-electron chi connectivity index (χ1n) is 7.61. The van der Waals surface area contributed by atoms with Crippen LogP contribution >= 0.6 is 43.2 Å². The Hall–Kier alpha value is -1.58. The van der Waals surface area contributed by atoms with Crippen molar-refractivity contribution in [3.05, 3.63) is 49.5 Å². The van der Waals surface area contributed by atoms with Gasteiger partial charge in [0.2, 0.25) is 11.7 Å². The summed E-state index contributed by atoms with van der Waals surface area (Å²) in [6, 6.07) is 11.6. The molecule has 1 amide bonds. The molecule has 0 saturated carbocycles. The van der Waals surface area contributed by atoms with Crippen LogP contribution in [-0.4, -0.2) is 37.6 Å². The number of rotatable bonds is 6. The first-order chi connectivity index (χ1) is 12.0. The fraction of sp³-hybridized carbons (Fsp3) is 0.250. The highest BCUT2D eigenvalue weighted by molar-refractivity contribution is 9.11. The molecule has 0 aliphatic rings. The quantitative estimate of drug-likeness (QED) is 0.530. The molecule has 0 aliphatic heterocycles. The summed E-state index contributed by atoms with van der Waals surface area (Å²) < 4.78 is 2.04. The first kappa shape index (κ1) is 18.2. The molecule has 25 heavy (non-hydrogen) atoms. The molecular formula is C16H15Br2N5OS. The number of benzene rings is 1. The number of aromatic nitrogens is 4. The minimum Gasteiger partial charge on any atom is -0.336 e. The van der Waals surface area contributed by atoms with Gasteiger partial charge in [0.15, 0.2) is 0 Å². The minimum atomic E-state index is -0.0354. The maximum atomic E-state index is 12.5. The summed E-state index contributed by atoms with van der Waals surface area (Å²) in [5, 5.41) is 12.3. The summed E-state index contributed by atoms with van der Waals surface area (Å²) in [7, 11) is 0. The number of hydrogen-bond donors (Lipinski definition) is 0. The van der Waals surface area contributed by atoms with Crippen LogP contribution < -0.4 is 0 Å². The predicted octanol–water partition coefficient (Wildman–Crippen LogP) is 3.98. The van der Waals surface area contributed by atoms with Crippen molar-refractivity contribution < 1.29 is 4.79 Å². The van der Waals surface area contributed by atoms with Gasteiger partial charge in [-0.15, -0.1) is 21.5 Å². The molecule has 6 nitrogen and oxygen atoms in total. The van der Waals surface area contributed by atoms with E-state index in [2.05, 4.69) is 47.3 Å². The highest BCUT2D eigenvalue weighted by Crippen LogP contribution is 2.23. The van der Waals surface area contributed by atoms with E-state index in [1.54, 1.807) is 16.2 Å². The topological polar surface area (TPSA) is 63.9 Å². The average Bonchev–Trinajstić information content (AvgIpc) is 3.22. The second-order valence-electron chi connectivity index (χ2n) is 5.26. The third-order valence-corrected chi connectivity index (χ3v) is 5.68. The summed E-state index contributed by atoms with van der Waals surface area (Å²) >= 11 is 8.46. The zero-order valence-corrected chi connectivity index (χ0v) is 17.4. The maximum Gasteiger partial charge on any atom is 0.246 e. The second kappa shape index (κ2) is 8.20. The Balaban J connectivity index is 1.66. The van der Waals surface area contributed by atoms with E-state index in [1.165, 1.54) is 4.80 Å². The zero-order valence-electron chi connectivity index (χ0n) is 13.4. The van der Waals surface area contributed by atoms with Crippen LogP contribution in [0.3, 0.4) is 0 Å². The van der Waals surface area contributed by atoms with Gasteiger partial charge >= 0.3 is 0 Å². The fourth-order valence-corrected chi connectivity index (χ4v) is 4.01. The summed E-state index contributed by atoms with van der Waals surface area (Å²) in [5.41, 5.74) is 0.859. The van der Waals surface area contributed by atoms with Crippen LogP contribution in [0, 0.1) is 0 Å². The Morgan fingerprint density at radius 1 is 1.20 bits per heavy atom. The monoisotopic (exact) mass is 483 g/mol. The van der Waals surface area contributed by atoms with Crippen molar-refractivity contribution in [3.63, 3.8) is 0 Å². The molecule has 0 aliphatic carbocycles. The van der Waals surface area contributed by atoms with Crippen LogP contribution in [0.25, 0.3) is 11.4 Å². The molecule has 130 valence electrons. The molecule has 2 heterocycles. The molecule has 1 aromatic carbocycles. The third-order valence-electron chi connectivity index (χ3n) is 3.54. The average molecular weight is 485 g/mol. The van der Waals surface area contributed by atoms with E-state index >= 15 is 0 Å². The number of nitrogens with zero attached hydrogens (tertiary/aromatic N) is 5. The second-order valence-corrected chi connectivity index (χ2v) is 8.73.